The van der Waals surface area contributed by atoms with Crippen LogP contribution in [0.25, 0.3) is 11.0 Å². The van der Waals surface area contributed by atoms with E-state index < -0.39 is 0 Å². The second-order valence-corrected chi connectivity index (χ2v) is 7.34. The van der Waals surface area contributed by atoms with E-state index in [1.54, 1.807) is 0 Å². The molecule has 0 aliphatic rings. The monoisotopic (exact) mass is 386 g/mol. The van der Waals surface area contributed by atoms with Crippen LogP contribution in [0.4, 0.5) is 0 Å². The summed E-state index contributed by atoms with van der Waals surface area (Å²) in [6.07, 6.45) is 0. The Labute approximate surface area is 171 Å². The van der Waals surface area contributed by atoms with Crippen LogP contribution < -0.4 is 9.47 Å². The molecule has 4 aromatic rings. The number of aromatic nitrogens is 2. The Morgan fingerprint density at radius 2 is 1.52 bits per heavy atom. The first-order chi connectivity index (χ1) is 14.1. The SMILES string of the molecule is Cc1ccc(OCc2nc3ccccc3n2CCOc2c(C)cccc2C)cc1. The summed E-state index contributed by atoms with van der Waals surface area (Å²) in [5, 5.41) is 0. The molecule has 0 bridgehead atoms. The number of hydrogen-bond donors (Lipinski definition) is 0. The van der Waals surface area contributed by atoms with Crippen LogP contribution in [0.2, 0.25) is 0 Å². The van der Waals surface area contributed by atoms with E-state index in [-0.39, 0.29) is 0 Å². The summed E-state index contributed by atoms with van der Waals surface area (Å²) >= 11 is 0. The van der Waals surface area contributed by atoms with Gasteiger partial charge < -0.3 is 14.0 Å². The van der Waals surface area contributed by atoms with Crippen LogP contribution in [0.5, 0.6) is 11.5 Å². The van der Waals surface area contributed by atoms with Gasteiger partial charge in [0.15, 0.2) is 0 Å². The van der Waals surface area contributed by atoms with E-state index in [1.807, 2.05) is 30.3 Å². The lowest BCUT2D eigenvalue weighted by atomic mass is 10.1. The smallest absolute Gasteiger partial charge is 0.148 e. The fourth-order valence-electron chi connectivity index (χ4n) is 3.53. The van der Waals surface area contributed by atoms with Gasteiger partial charge in [0.05, 0.1) is 17.6 Å². The molecule has 3 aromatic carbocycles. The molecule has 0 unspecified atom stereocenters. The van der Waals surface area contributed by atoms with Crippen LogP contribution in [-0.2, 0) is 13.2 Å². The van der Waals surface area contributed by atoms with Gasteiger partial charge in [-0.05, 0) is 56.2 Å². The van der Waals surface area contributed by atoms with Crippen molar-refractivity contribution in [2.45, 2.75) is 33.9 Å². The summed E-state index contributed by atoms with van der Waals surface area (Å²) in [6, 6.07) is 22.5. The van der Waals surface area contributed by atoms with Gasteiger partial charge in [-0.15, -0.1) is 0 Å². The number of imidazole rings is 1. The molecule has 1 aromatic heterocycles. The van der Waals surface area contributed by atoms with E-state index in [0.717, 1.165) is 39.5 Å². The van der Waals surface area contributed by atoms with Gasteiger partial charge in [0, 0.05) is 0 Å². The quantitative estimate of drug-likeness (QED) is 0.414. The van der Waals surface area contributed by atoms with Crippen molar-refractivity contribution in [3.63, 3.8) is 0 Å². The van der Waals surface area contributed by atoms with Crippen LogP contribution >= 0.6 is 0 Å². The molecule has 0 N–H and O–H groups in total. The van der Waals surface area contributed by atoms with Gasteiger partial charge in [-0.3, -0.25) is 0 Å². The summed E-state index contributed by atoms with van der Waals surface area (Å²) in [4.78, 5) is 4.79. The fraction of sp³-hybridized carbons (Fsp3) is 0.240. The van der Waals surface area contributed by atoms with Crippen molar-refractivity contribution in [2.24, 2.45) is 0 Å². The first-order valence-electron chi connectivity index (χ1n) is 9.94. The molecule has 0 spiro atoms. The predicted octanol–water partition coefficient (Wildman–Crippen LogP) is 5.62. The maximum Gasteiger partial charge on any atom is 0.148 e. The van der Waals surface area contributed by atoms with E-state index in [1.165, 1.54) is 5.56 Å². The molecule has 29 heavy (non-hydrogen) atoms. The Balaban J connectivity index is 1.52. The van der Waals surface area contributed by atoms with E-state index in [2.05, 4.69) is 61.7 Å². The van der Waals surface area contributed by atoms with Gasteiger partial charge in [-0.1, -0.05) is 48.0 Å². The van der Waals surface area contributed by atoms with Crippen molar-refractivity contribution in [3.8, 4) is 11.5 Å². The number of benzene rings is 3. The van der Waals surface area contributed by atoms with Crippen molar-refractivity contribution in [1.82, 2.24) is 9.55 Å². The zero-order chi connectivity index (χ0) is 20.2. The third kappa shape index (κ3) is 4.27. The van der Waals surface area contributed by atoms with Gasteiger partial charge in [-0.25, -0.2) is 4.98 Å². The molecule has 0 radical (unpaired) electrons. The van der Waals surface area contributed by atoms with Gasteiger partial charge in [0.25, 0.3) is 0 Å². The third-order valence-corrected chi connectivity index (χ3v) is 5.09. The molecule has 0 saturated carbocycles. The van der Waals surface area contributed by atoms with Gasteiger partial charge in [0.1, 0.15) is 30.5 Å². The molecular weight excluding hydrogens is 360 g/mol. The third-order valence-electron chi connectivity index (χ3n) is 5.09. The number of fused-ring (bicyclic) bond motifs is 1. The summed E-state index contributed by atoms with van der Waals surface area (Å²) in [5.74, 6) is 2.72. The van der Waals surface area contributed by atoms with Crippen LogP contribution in [0.15, 0.2) is 66.7 Å². The van der Waals surface area contributed by atoms with E-state index >= 15 is 0 Å². The summed E-state index contributed by atoms with van der Waals surface area (Å²) in [7, 11) is 0. The number of ether oxygens (including phenoxy) is 2. The van der Waals surface area contributed by atoms with E-state index in [0.29, 0.717) is 19.8 Å². The lowest BCUT2D eigenvalue weighted by Crippen LogP contribution is -2.13. The summed E-state index contributed by atoms with van der Waals surface area (Å²) in [5.41, 5.74) is 5.60. The Hall–Kier alpha value is -3.27. The Bertz CT molecular complexity index is 1090. The number of hydrogen-bond acceptors (Lipinski definition) is 3. The molecule has 0 amide bonds. The van der Waals surface area contributed by atoms with Gasteiger partial charge in [-0.2, -0.15) is 0 Å². The highest BCUT2D eigenvalue weighted by atomic mass is 16.5. The van der Waals surface area contributed by atoms with Crippen LogP contribution in [0.1, 0.15) is 22.5 Å². The molecule has 0 atom stereocenters. The molecule has 0 saturated heterocycles. The van der Waals surface area contributed by atoms with Crippen LogP contribution in [0.3, 0.4) is 0 Å². The zero-order valence-corrected chi connectivity index (χ0v) is 17.2. The highest BCUT2D eigenvalue weighted by molar-refractivity contribution is 5.75. The Morgan fingerprint density at radius 1 is 0.793 bits per heavy atom. The van der Waals surface area contributed by atoms with Crippen LogP contribution in [-0.4, -0.2) is 16.2 Å². The molecule has 0 aliphatic carbocycles. The second-order valence-electron chi connectivity index (χ2n) is 7.34. The normalized spacial score (nSPS) is 11.0. The molecule has 0 aliphatic heterocycles. The molecule has 4 heteroatoms. The highest BCUT2D eigenvalue weighted by Gasteiger charge is 2.12. The maximum absolute atomic E-state index is 6.13. The molecule has 148 valence electrons. The Morgan fingerprint density at radius 3 is 2.28 bits per heavy atom. The lowest BCUT2D eigenvalue weighted by Gasteiger charge is -2.14. The molecule has 4 nitrogen and oxygen atoms in total. The summed E-state index contributed by atoms with van der Waals surface area (Å²) < 4.78 is 14.3. The van der Waals surface area contributed by atoms with E-state index in [4.69, 9.17) is 14.5 Å². The number of aryl methyl sites for hydroxylation is 3. The minimum Gasteiger partial charge on any atom is -0.491 e. The van der Waals surface area contributed by atoms with Gasteiger partial charge in [0.2, 0.25) is 0 Å². The highest BCUT2D eigenvalue weighted by Crippen LogP contribution is 2.23. The Kier molecular flexibility index (Phi) is 5.52. The molecule has 4 rings (SSSR count). The van der Waals surface area contributed by atoms with Crippen molar-refractivity contribution in [3.05, 3.63) is 89.2 Å². The number of rotatable bonds is 7. The largest absolute Gasteiger partial charge is 0.491 e. The predicted molar refractivity (Wildman–Crippen MR) is 117 cm³/mol. The van der Waals surface area contributed by atoms with Crippen molar-refractivity contribution in [2.75, 3.05) is 6.61 Å². The number of para-hydroxylation sites is 3. The average molecular weight is 386 g/mol. The molecular formula is C25H26N2O2. The van der Waals surface area contributed by atoms with Crippen LogP contribution in [0, 0.1) is 20.8 Å². The number of nitrogens with zero attached hydrogens (tertiary/aromatic N) is 2. The fourth-order valence-corrected chi connectivity index (χ4v) is 3.53. The summed E-state index contributed by atoms with van der Waals surface area (Å²) in [6.45, 7) is 7.93. The average Bonchev–Trinajstić information content (AvgIpc) is 3.07. The topological polar surface area (TPSA) is 36.3 Å². The second kappa shape index (κ2) is 8.39. The van der Waals surface area contributed by atoms with Crippen molar-refractivity contribution in [1.29, 1.82) is 0 Å². The van der Waals surface area contributed by atoms with E-state index in [9.17, 15) is 0 Å². The minimum atomic E-state index is 0.418. The van der Waals surface area contributed by atoms with Gasteiger partial charge >= 0.3 is 0 Å². The lowest BCUT2D eigenvalue weighted by molar-refractivity contribution is 0.271. The standard InChI is InChI=1S/C25H26N2O2/c1-18-11-13-21(14-12-18)29-17-24-26-22-9-4-5-10-23(22)27(24)15-16-28-25-19(2)7-6-8-20(25)3/h4-14H,15-17H2,1-3H3. The molecule has 0 fully saturated rings. The maximum atomic E-state index is 6.13. The first-order valence-corrected chi connectivity index (χ1v) is 9.94. The molecule has 1 heterocycles. The van der Waals surface area contributed by atoms with Crippen molar-refractivity contribution >= 4 is 11.0 Å². The van der Waals surface area contributed by atoms with Crippen molar-refractivity contribution < 1.29 is 9.47 Å². The zero-order valence-electron chi connectivity index (χ0n) is 17.2. The first kappa shape index (κ1) is 19.1. The minimum absolute atomic E-state index is 0.418.